The van der Waals surface area contributed by atoms with Crippen LogP contribution in [0, 0.1) is 0 Å². The molecule has 0 spiro atoms. The Balaban J connectivity index is 1.71. The second-order valence-corrected chi connectivity index (χ2v) is 7.22. The van der Waals surface area contributed by atoms with Crippen LogP contribution < -0.4 is 0 Å². The first-order valence-corrected chi connectivity index (χ1v) is 9.29. The number of fused-ring (bicyclic) bond motifs is 2. The Morgan fingerprint density at radius 3 is 1.89 bits per heavy atom. The molecular weight excluding hydrogens is 334 g/mol. The van der Waals surface area contributed by atoms with E-state index in [4.69, 9.17) is 0 Å². The summed E-state index contributed by atoms with van der Waals surface area (Å²) in [5.74, 6) is -0.206. The van der Waals surface area contributed by atoms with Crippen molar-refractivity contribution in [2.24, 2.45) is 0 Å². The highest BCUT2D eigenvalue weighted by Gasteiger charge is 2.58. The van der Waals surface area contributed by atoms with Gasteiger partial charge in [0.2, 0.25) is 0 Å². The Morgan fingerprint density at radius 2 is 1.22 bits per heavy atom. The molecule has 1 aliphatic heterocycles. The number of hydrogen-bond acceptors (Lipinski definition) is 3. The van der Waals surface area contributed by atoms with Gasteiger partial charge in [-0.1, -0.05) is 78.9 Å². The third-order valence-electron chi connectivity index (χ3n) is 5.87. The number of rotatable bonds is 2. The van der Waals surface area contributed by atoms with Crippen molar-refractivity contribution in [3.05, 3.63) is 107 Å². The van der Waals surface area contributed by atoms with Crippen LogP contribution >= 0.6 is 0 Å². The van der Waals surface area contributed by atoms with Gasteiger partial charge in [0.05, 0.1) is 0 Å². The highest BCUT2D eigenvalue weighted by molar-refractivity contribution is 6.32. The molecule has 132 valence electrons. The molecule has 0 saturated carbocycles. The van der Waals surface area contributed by atoms with Gasteiger partial charge < -0.3 is 0 Å². The Kier molecular flexibility index (Phi) is 3.59. The van der Waals surface area contributed by atoms with Crippen molar-refractivity contribution < 1.29 is 9.59 Å². The highest BCUT2D eigenvalue weighted by atomic mass is 16.2. The number of Topliss-reactive ketones (excluding diaryl/α,β-unsaturated/α-hetero) is 2. The number of benzene rings is 3. The van der Waals surface area contributed by atoms with Gasteiger partial charge in [-0.15, -0.1) is 0 Å². The van der Waals surface area contributed by atoms with E-state index < -0.39 is 5.54 Å². The minimum Gasteiger partial charge on any atom is -0.291 e. The molecule has 1 aliphatic carbocycles. The SMILES string of the molecule is O=C1c2ccccc2C(=O)C1(c1ccccc1)N1CCc2ccccc2C1. The van der Waals surface area contributed by atoms with Gasteiger partial charge in [-0.2, -0.15) is 0 Å². The van der Waals surface area contributed by atoms with Crippen molar-refractivity contribution in [1.82, 2.24) is 4.90 Å². The lowest BCUT2D eigenvalue weighted by Crippen LogP contribution is -2.55. The molecule has 0 amide bonds. The quantitative estimate of drug-likeness (QED) is 0.653. The first kappa shape index (κ1) is 16.2. The number of hydrogen-bond donors (Lipinski definition) is 0. The van der Waals surface area contributed by atoms with Crippen LogP contribution in [0.5, 0.6) is 0 Å². The third kappa shape index (κ3) is 2.18. The fourth-order valence-electron chi connectivity index (χ4n) is 4.57. The van der Waals surface area contributed by atoms with Crippen molar-refractivity contribution in [3.8, 4) is 0 Å². The Labute approximate surface area is 158 Å². The fourth-order valence-corrected chi connectivity index (χ4v) is 4.57. The van der Waals surface area contributed by atoms with Crippen LogP contribution in [0.4, 0.5) is 0 Å². The lowest BCUT2D eigenvalue weighted by atomic mass is 9.81. The van der Waals surface area contributed by atoms with E-state index in [0.717, 1.165) is 12.0 Å². The maximum Gasteiger partial charge on any atom is 0.196 e. The summed E-state index contributed by atoms with van der Waals surface area (Å²) in [6.07, 6.45) is 0.835. The standard InChI is InChI=1S/C24H19NO2/c26-22-20-12-6-7-13-21(20)23(27)24(22,19-10-2-1-3-11-19)25-15-14-17-8-4-5-9-18(17)16-25/h1-13H,14-16H2. The predicted octanol–water partition coefficient (Wildman–Crippen LogP) is 4.02. The van der Waals surface area contributed by atoms with Crippen LogP contribution in [0.2, 0.25) is 0 Å². The minimum atomic E-state index is -1.27. The molecule has 3 aromatic rings. The minimum absolute atomic E-state index is 0.103. The molecule has 0 N–H and O–H groups in total. The molecule has 0 saturated heterocycles. The number of carbonyl (C=O) groups is 2. The maximum atomic E-state index is 13.7. The van der Waals surface area contributed by atoms with Crippen molar-refractivity contribution >= 4 is 11.6 Å². The molecule has 3 aromatic carbocycles. The van der Waals surface area contributed by atoms with E-state index in [1.165, 1.54) is 11.1 Å². The van der Waals surface area contributed by atoms with Crippen molar-refractivity contribution in [3.63, 3.8) is 0 Å². The van der Waals surface area contributed by atoms with Gasteiger partial charge in [0, 0.05) is 24.2 Å². The molecule has 0 bridgehead atoms. The summed E-state index contributed by atoms with van der Waals surface area (Å²) in [4.78, 5) is 29.4. The monoisotopic (exact) mass is 353 g/mol. The van der Waals surface area contributed by atoms with Crippen molar-refractivity contribution in [1.29, 1.82) is 0 Å². The van der Waals surface area contributed by atoms with Gasteiger partial charge in [0.15, 0.2) is 17.1 Å². The van der Waals surface area contributed by atoms with Crippen LogP contribution in [0.1, 0.15) is 37.4 Å². The molecule has 0 fully saturated rings. The van der Waals surface area contributed by atoms with E-state index in [9.17, 15) is 9.59 Å². The highest BCUT2D eigenvalue weighted by Crippen LogP contribution is 2.44. The topological polar surface area (TPSA) is 37.4 Å². The predicted molar refractivity (Wildman–Crippen MR) is 104 cm³/mol. The molecule has 27 heavy (non-hydrogen) atoms. The van der Waals surface area contributed by atoms with E-state index >= 15 is 0 Å². The summed E-state index contributed by atoms with van der Waals surface area (Å²) in [7, 11) is 0. The van der Waals surface area contributed by atoms with Crippen LogP contribution in [-0.4, -0.2) is 23.0 Å². The zero-order chi connectivity index (χ0) is 18.4. The van der Waals surface area contributed by atoms with Crippen LogP contribution in [-0.2, 0) is 18.5 Å². The van der Waals surface area contributed by atoms with Crippen LogP contribution in [0.15, 0.2) is 78.9 Å². The Morgan fingerprint density at radius 1 is 0.667 bits per heavy atom. The molecule has 3 nitrogen and oxygen atoms in total. The fraction of sp³-hybridized carbons (Fsp3) is 0.167. The largest absolute Gasteiger partial charge is 0.291 e. The third-order valence-corrected chi connectivity index (χ3v) is 5.87. The zero-order valence-corrected chi connectivity index (χ0v) is 14.9. The lowest BCUT2D eigenvalue weighted by molar-refractivity contribution is 0.0438. The summed E-state index contributed by atoms with van der Waals surface area (Å²) in [5.41, 5.74) is 3.05. The van der Waals surface area contributed by atoms with Crippen LogP contribution in [0.3, 0.4) is 0 Å². The average molecular weight is 353 g/mol. The van der Waals surface area contributed by atoms with E-state index in [2.05, 4.69) is 17.0 Å². The first-order valence-electron chi connectivity index (χ1n) is 9.29. The second-order valence-electron chi connectivity index (χ2n) is 7.22. The normalized spacial score (nSPS) is 18.2. The van der Waals surface area contributed by atoms with E-state index in [-0.39, 0.29) is 11.6 Å². The molecule has 5 rings (SSSR count). The molecule has 3 heteroatoms. The number of nitrogens with zero attached hydrogens (tertiary/aromatic N) is 1. The molecular formula is C24H19NO2. The van der Waals surface area contributed by atoms with Crippen LogP contribution in [0.25, 0.3) is 0 Å². The van der Waals surface area contributed by atoms with Gasteiger partial charge in [-0.3, -0.25) is 14.5 Å². The molecule has 0 aromatic heterocycles. The average Bonchev–Trinajstić information content (AvgIpc) is 2.96. The molecule has 0 atom stereocenters. The van der Waals surface area contributed by atoms with E-state index in [1.54, 1.807) is 12.1 Å². The number of carbonyl (C=O) groups excluding carboxylic acids is 2. The van der Waals surface area contributed by atoms with Crippen molar-refractivity contribution in [2.45, 2.75) is 18.5 Å². The summed E-state index contributed by atoms with van der Waals surface area (Å²) in [5, 5.41) is 0. The zero-order valence-electron chi connectivity index (χ0n) is 14.9. The maximum absolute atomic E-state index is 13.7. The van der Waals surface area contributed by atoms with E-state index in [1.807, 2.05) is 54.6 Å². The molecule has 2 aliphatic rings. The van der Waals surface area contributed by atoms with Crippen molar-refractivity contribution in [2.75, 3.05) is 6.54 Å². The smallest absolute Gasteiger partial charge is 0.196 e. The summed E-state index contributed by atoms with van der Waals surface area (Å²) < 4.78 is 0. The van der Waals surface area contributed by atoms with Gasteiger partial charge in [-0.25, -0.2) is 0 Å². The van der Waals surface area contributed by atoms with Gasteiger partial charge in [0.25, 0.3) is 0 Å². The molecule has 0 radical (unpaired) electrons. The molecule has 0 unspecified atom stereocenters. The Hall–Kier alpha value is -3.04. The Bertz CT molecular complexity index is 1020. The van der Waals surface area contributed by atoms with Gasteiger partial charge in [0.1, 0.15) is 0 Å². The summed E-state index contributed by atoms with van der Waals surface area (Å²) >= 11 is 0. The van der Waals surface area contributed by atoms with Gasteiger partial charge in [-0.05, 0) is 23.1 Å². The second kappa shape index (κ2) is 6.00. The lowest BCUT2D eigenvalue weighted by Gasteiger charge is -2.41. The van der Waals surface area contributed by atoms with Gasteiger partial charge >= 0.3 is 0 Å². The number of ketones is 2. The summed E-state index contributed by atoms with van der Waals surface area (Å²) in [6.45, 7) is 1.27. The molecule has 1 heterocycles. The van der Waals surface area contributed by atoms with E-state index in [0.29, 0.717) is 24.2 Å². The summed E-state index contributed by atoms with van der Waals surface area (Å²) in [6, 6.07) is 25.0. The first-order chi connectivity index (χ1) is 13.2.